The van der Waals surface area contributed by atoms with Gasteiger partial charge in [-0.2, -0.15) is 13.2 Å². The molecule has 1 fully saturated rings. The van der Waals surface area contributed by atoms with Crippen LogP contribution in [0.1, 0.15) is 28.3 Å². The molecule has 0 bridgehead atoms. The standard InChI is InChI=1S/C25H23F4N5O2/c26-15-4-7-20(25(27,28)29)19(12-15)23-32-21-3-1-2-18(22(21)33-23)24(35)31-16-5-6-17(30-13-16)14-34-8-10-36-11-9-34/h1-6,12-13,20H,7-11,14H2,(H,31,35)(H,32,33). The Labute approximate surface area is 203 Å². The van der Waals surface area contributed by atoms with Crippen LogP contribution in [0.3, 0.4) is 0 Å². The van der Waals surface area contributed by atoms with Crippen LogP contribution in [0.25, 0.3) is 16.6 Å². The third-order valence-electron chi connectivity index (χ3n) is 6.22. The lowest BCUT2D eigenvalue weighted by Crippen LogP contribution is -2.35. The van der Waals surface area contributed by atoms with Crippen LogP contribution < -0.4 is 5.32 Å². The summed E-state index contributed by atoms with van der Waals surface area (Å²) in [7, 11) is 0. The number of anilines is 1. The van der Waals surface area contributed by atoms with E-state index in [4.69, 9.17) is 4.74 Å². The molecule has 1 aromatic carbocycles. The number of benzene rings is 1. The van der Waals surface area contributed by atoms with Gasteiger partial charge in [-0.3, -0.25) is 14.7 Å². The first-order valence-electron chi connectivity index (χ1n) is 11.5. The molecule has 36 heavy (non-hydrogen) atoms. The average molecular weight is 501 g/mol. The highest BCUT2D eigenvalue weighted by atomic mass is 19.4. The molecule has 1 unspecified atom stereocenters. The van der Waals surface area contributed by atoms with E-state index in [1.807, 2.05) is 6.07 Å². The zero-order valence-electron chi connectivity index (χ0n) is 19.1. The van der Waals surface area contributed by atoms with Gasteiger partial charge in [-0.05, 0) is 42.8 Å². The number of nitrogens with zero attached hydrogens (tertiary/aromatic N) is 3. The van der Waals surface area contributed by atoms with Gasteiger partial charge >= 0.3 is 6.18 Å². The van der Waals surface area contributed by atoms with E-state index in [2.05, 4.69) is 25.2 Å². The van der Waals surface area contributed by atoms with Crippen LogP contribution in [0.4, 0.5) is 23.2 Å². The molecule has 1 amide bonds. The normalized spacial score (nSPS) is 19.2. The zero-order chi connectivity index (χ0) is 25.3. The molecule has 11 heteroatoms. The summed E-state index contributed by atoms with van der Waals surface area (Å²) in [6, 6.07) is 8.29. The number of H-pyrrole nitrogens is 1. The van der Waals surface area contributed by atoms with Crippen LogP contribution in [-0.2, 0) is 11.3 Å². The number of imidazole rings is 1. The summed E-state index contributed by atoms with van der Waals surface area (Å²) < 4.78 is 59.9. The molecule has 3 heterocycles. The molecule has 3 aromatic rings. The lowest BCUT2D eigenvalue weighted by atomic mass is 9.90. The molecular formula is C25H23F4N5O2. The lowest BCUT2D eigenvalue weighted by Gasteiger charge is -2.26. The van der Waals surface area contributed by atoms with Gasteiger partial charge in [0.1, 0.15) is 17.2 Å². The fourth-order valence-corrected chi connectivity index (χ4v) is 4.34. The highest BCUT2D eigenvalue weighted by Gasteiger charge is 2.43. The number of aromatic nitrogens is 3. The number of para-hydroxylation sites is 1. The molecule has 2 aliphatic rings. The molecule has 1 aliphatic heterocycles. The summed E-state index contributed by atoms with van der Waals surface area (Å²) in [6.45, 7) is 3.72. The van der Waals surface area contributed by atoms with Crippen molar-refractivity contribution >= 4 is 28.2 Å². The summed E-state index contributed by atoms with van der Waals surface area (Å²) in [5.74, 6) is -3.26. The van der Waals surface area contributed by atoms with E-state index in [0.717, 1.165) is 30.9 Å². The first-order valence-corrected chi connectivity index (χ1v) is 11.5. The van der Waals surface area contributed by atoms with Crippen molar-refractivity contribution in [2.24, 2.45) is 5.92 Å². The maximum Gasteiger partial charge on any atom is 0.396 e. The number of hydrogen-bond acceptors (Lipinski definition) is 5. The second kappa shape index (κ2) is 9.82. The van der Waals surface area contributed by atoms with E-state index in [1.165, 1.54) is 6.07 Å². The number of alkyl halides is 3. The minimum absolute atomic E-state index is 0.120. The van der Waals surface area contributed by atoms with Gasteiger partial charge in [0.05, 0.1) is 47.8 Å². The van der Waals surface area contributed by atoms with Crippen LogP contribution in [0.2, 0.25) is 0 Å². The van der Waals surface area contributed by atoms with E-state index < -0.39 is 30.2 Å². The quantitative estimate of drug-likeness (QED) is 0.488. The third-order valence-corrected chi connectivity index (χ3v) is 6.22. The van der Waals surface area contributed by atoms with E-state index >= 15 is 0 Å². The Morgan fingerprint density at radius 1 is 1.19 bits per heavy atom. The number of nitrogens with one attached hydrogen (secondary N) is 2. The first kappa shape index (κ1) is 24.1. The van der Waals surface area contributed by atoms with Crippen LogP contribution in [0, 0.1) is 5.92 Å². The van der Waals surface area contributed by atoms with Gasteiger partial charge in [0.25, 0.3) is 5.91 Å². The lowest BCUT2D eigenvalue weighted by molar-refractivity contribution is -0.157. The number of amides is 1. The van der Waals surface area contributed by atoms with Crippen molar-refractivity contribution in [1.82, 2.24) is 19.9 Å². The van der Waals surface area contributed by atoms with E-state index in [0.29, 0.717) is 31.0 Å². The number of allylic oxidation sites excluding steroid dienone is 4. The van der Waals surface area contributed by atoms with Crippen LogP contribution in [0.15, 0.2) is 54.5 Å². The fraction of sp³-hybridized carbons (Fsp3) is 0.320. The van der Waals surface area contributed by atoms with Gasteiger partial charge in [-0.15, -0.1) is 0 Å². The number of ether oxygens (including phenoxy) is 1. The van der Waals surface area contributed by atoms with Gasteiger partial charge in [0.15, 0.2) is 0 Å². The number of carbonyl (C=O) groups is 1. The number of halogens is 4. The summed E-state index contributed by atoms with van der Waals surface area (Å²) in [5.41, 5.74) is 1.76. The third kappa shape index (κ3) is 5.17. The highest BCUT2D eigenvalue weighted by Crippen LogP contribution is 2.42. The van der Waals surface area contributed by atoms with Crippen LogP contribution >= 0.6 is 0 Å². The Balaban J connectivity index is 1.36. The molecular weight excluding hydrogens is 478 g/mol. The Kier molecular flexibility index (Phi) is 6.59. The summed E-state index contributed by atoms with van der Waals surface area (Å²) >= 11 is 0. The maximum absolute atomic E-state index is 13.8. The van der Waals surface area contributed by atoms with Crippen LogP contribution in [-0.4, -0.2) is 58.2 Å². The molecule has 1 saturated heterocycles. The molecule has 0 saturated carbocycles. The molecule has 2 N–H and O–H groups in total. The van der Waals surface area contributed by atoms with Gasteiger partial charge < -0.3 is 15.0 Å². The molecule has 1 atom stereocenters. The van der Waals surface area contributed by atoms with Crippen molar-refractivity contribution in [3.05, 3.63) is 71.6 Å². The van der Waals surface area contributed by atoms with Gasteiger partial charge in [0.2, 0.25) is 0 Å². The Hall–Kier alpha value is -3.57. The maximum atomic E-state index is 13.8. The molecule has 7 nitrogen and oxygen atoms in total. The Morgan fingerprint density at radius 2 is 2.00 bits per heavy atom. The van der Waals surface area contributed by atoms with Crippen LogP contribution in [0.5, 0.6) is 0 Å². The highest BCUT2D eigenvalue weighted by molar-refractivity contribution is 6.11. The number of hydrogen-bond donors (Lipinski definition) is 2. The zero-order valence-corrected chi connectivity index (χ0v) is 19.1. The second-order valence-electron chi connectivity index (χ2n) is 8.69. The summed E-state index contributed by atoms with van der Waals surface area (Å²) in [5, 5.41) is 2.76. The first-order chi connectivity index (χ1) is 17.3. The smallest absolute Gasteiger partial charge is 0.379 e. The van der Waals surface area contributed by atoms with Crippen molar-refractivity contribution in [2.45, 2.75) is 19.1 Å². The predicted molar refractivity (Wildman–Crippen MR) is 126 cm³/mol. The predicted octanol–water partition coefficient (Wildman–Crippen LogP) is 4.86. The largest absolute Gasteiger partial charge is 0.396 e. The van der Waals surface area contributed by atoms with Gasteiger partial charge in [-0.1, -0.05) is 6.07 Å². The van der Waals surface area contributed by atoms with Gasteiger partial charge in [0, 0.05) is 25.2 Å². The number of morpholine rings is 1. The number of rotatable bonds is 5. The Morgan fingerprint density at radius 3 is 2.72 bits per heavy atom. The van der Waals surface area contributed by atoms with Crippen molar-refractivity contribution in [1.29, 1.82) is 0 Å². The molecule has 2 aromatic heterocycles. The topological polar surface area (TPSA) is 83.1 Å². The van der Waals surface area contributed by atoms with E-state index in [1.54, 1.807) is 24.4 Å². The number of fused-ring (bicyclic) bond motifs is 1. The molecule has 0 radical (unpaired) electrons. The molecule has 188 valence electrons. The van der Waals surface area contributed by atoms with Crippen molar-refractivity contribution < 1.29 is 27.1 Å². The number of carbonyl (C=O) groups excluding carboxylic acids is 1. The van der Waals surface area contributed by atoms with Crippen molar-refractivity contribution in [3.63, 3.8) is 0 Å². The molecule has 5 rings (SSSR count). The Bertz CT molecular complexity index is 1320. The van der Waals surface area contributed by atoms with Crippen molar-refractivity contribution in [3.8, 4) is 0 Å². The average Bonchev–Trinajstić information content (AvgIpc) is 3.29. The minimum Gasteiger partial charge on any atom is -0.379 e. The molecule has 1 aliphatic carbocycles. The van der Waals surface area contributed by atoms with E-state index in [9.17, 15) is 22.4 Å². The second-order valence-corrected chi connectivity index (χ2v) is 8.69. The minimum atomic E-state index is -4.57. The van der Waals surface area contributed by atoms with Crippen molar-refractivity contribution in [2.75, 3.05) is 31.6 Å². The fourth-order valence-electron chi connectivity index (χ4n) is 4.34. The summed E-state index contributed by atoms with van der Waals surface area (Å²) in [6.07, 6.45) is -1.78. The van der Waals surface area contributed by atoms with E-state index in [-0.39, 0.29) is 22.5 Å². The molecule has 0 spiro atoms. The number of aromatic amines is 1. The SMILES string of the molecule is O=C(Nc1ccc(CN2CCOCC2)nc1)c1cccc2[nH]c(C3=CC(F)=CCC3C(F)(F)F)nc12. The summed E-state index contributed by atoms with van der Waals surface area (Å²) in [4.78, 5) is 26.7. The number of pyridine rings is 1. The van der Waals surface area contributed by atoms with Gasteiger partial charge in [-0.25, -0.2) is 9.37 Å². The monoisotopic (exact) mass is 501 g/mol.